The van der Waals surface area contributed by atoms with Crippen molar-refractivity contribution in [2.24, 2.45) is 0 Å². The number of methoxy groups -OCH3 is 2. The molecule has 0 heterocycles. The van der Waals surface area contributed by atoms with Crippen LogP contribution in [0.25, 0.3) is 0 Å². The minimum absolute atomic E-state index is 0.0918. The number of halogens is 1. The summed E-state index contributed by atoms with van der Waals surface area (Å²) in [6.45, 7) is 0.209. The first kappa shape index (κ1) is 25.1. The summed E-state index contributed by atoms with van der Waals surface area (Å²) in [5.41, 5.74) is 0.758. The summed E-state index contributed by atoms with van der Waals surface area (Å²) in [6, 6.07) is 14.1. The highest BCUT2D eigenvalue weighted by molar-refractivity contribution is 6.11. The maximum absolute atomic E-state index is 13.0. The molecule has 0 aliphatic heterocycles. The zero-order valence-corrected chi connectivity index (χ0v) is 19.0. The van der Waals surface area contributed by atoms with Gasteiger partial charge in [-0.2, -0.15) is 0 Å². The van der Waals surface area contributed by atoms with Gasteiger partial charge in [0, 0.05) is 24.7 Å². The van der Waals surface area contributed by atoms with E-state index in [4.69, 9.17) is 9.47 Å². The molecule has 35 heavy (non-hydrogen) atoms. The monoisotopic (exact) mass is 482 g/mol. The minimum Gasteiger partial charge on any atom is -0.497 e. The second-order valence-corrected chi connectivity index (χ2v) is 7.29. The Morgan fingerprint density at radius 1 is 0.943 bits per heavy atom. The molecule has 0 saturated heterocycles. The summed E-state index contributed by atoms with van der Waals surface area (Å²) in [5, 5.41) is 19.4. The van der Waals surface area contributed by atoms with Gasteiger partial charge in [0.1, 0.15) is 17.3 Å². The van der Waals surface area contributed by atoms with Gasteiger partial charge in [0.05, 0.1) is 42.6 Å². The van der Waals surface area contributed by atoms with E-state index in [0.717, 1.165) is 11.6 Å². The number of carbonyl (C=O) groups excluding carboxylic acids is 2. The maximum Gasteiger partial charge on any atom is 0.270 e. The van der Waals surface area contributed by atoms with E-state index in [9.17, 15) is 24.1 Å². The molecule has 3 N–H and O–H groups in total. The molecule has 182 valence electrons. The molecule has 0 aromatic heterocycles. The van der Waals surface area contributed by atoms with E-state index in [1.54, 1.807) is 30.3 Å². The zero-order chi connectivity index (χ0) is 25.4. The summed E-state index contributed by atoms with van der Waals surface area (Å²) >= 11 is 0. The maximum atomic E-state index is 13.0. The number of hydrogen-bond donors (Lipinski definition) is 3. The first-order valence-corrected chi connectivity index (χ1v) is 10.4. The third-order valence-corrected chi connectivity index (χ3v) is 4.92. The smallest absolute Gasteiger partial charge is 0.270 e. The van der Waals surface area contributed by atoms with Crippen molar-refractivity contribution in [1.29, 1.82) is 0 Å². The fraction of sp³-hybridized carbons (Fsp3) is 0.167. The molecule has 0 saturated carbocycles. The van der Waals surface area contributed by atoms with Gasteiger partial charge in [-0.15, -0.1) is 0 Å². The fourth-order valence-electron chi connectivity index (χ4n) is 3.15. The average Bonchev–Trinajstić information content (AvgIpc) is 2.85. The van der Waals surface area contributed by atoms with Crippen LogP contribution in [0.15, 0.2) is 60.7 Å². The molecular formula is C24H23FN4O6. The van der Waals surface area contributed by atoms with Crippen molar-refractivity contribution in [3.63, 3.8) is 0 Å². The number of amides is 2. The van der Waals surface area contributed by atoms with Gasteiger partial charge in [-0.05, 0) is 35.9 Å². The number of anilines is 2. The Kier molecular flexibility index (Phi) is 8.30. The van der Waals surface area contributed by atoms with Crippen LogP contribution in [0.1, 0.15) is 15.9 Å². The van der Waals surface area contributed by atoms with Crippen LogP contribution in [0.3, 0.4) is 0 Å². The van der Waals surface area contributed by atoms with E-state index in [1.165, 1.54) is 38.5 Å². The van der Waals surface area contributed by atoms with Crippen LogP contribution in [0.5, 0.6) is 11.5 Å². The highest BCUT2D eigenvalue weighted by atomic mass is 19.1. The van der Waals surface area contributed by atoms with E-state index in [0.29, 0.717) is 23.7 Å². The molecule has 11 heteroatoms. The second kappa shape index (κ2) is 11.6. The van der Waals surface area contributed by atoms with Crippen molar-refractivity contribution >= 4 is 28.9 Å². The van der Waals surface area contributed by atoms with Gasteiger partial charge in [-0.25, -0.2) is 4.39 Å². The quantitative estimate of drug-likeness (QED) is 0.296. The topological polar surface area (TPSA) is 132 Å². The van der Waals surface area contributed by atoms with Crippen LogP contribution >= 0.6 is 0 Å². The SMILES string of the molecule is COc1ccc(NC(=O)c2cc([N+](=O)[O-])ccc2NC(=O)CNCc2ccc(F)cc2)c(OC)c1. The molecule has 2 amide bonds. The highest BCUT2D eigenvalue weighted by Gasteiger charge is 2.20. The molecule has 3 rings (SSSR count). The summed E-state index contributed by atoms with van der Waals surface area (Å²) in [4.78, 5) is 36.1. The first-order chi connectivity index (χ1) is 16.8. The number of benzene rings is 3. The van der Waals surface area contributed by atoms with Crippen LogP contribution in [-0.4, -0.2) is 37.5 Å². The molecule has 0 atom stereocenters. The molecule has 3 aromatic carbocycles. The summed E-state index contributed by atoms with van der Waals surface area (Å²) in [7, 11) is 2.90. The number of carbonyl (C=O) groups is 2. The normalized spacial score (nSPS) is 10.4. The first-order valence-electron chi connectivity index (χ1n) is 10.4. The summed E-state index contributed by atoms with van der Waals surface area (Å²) < 4.78 is 23.4. The Morgan fingerprint density at radius 3 is 2.31 bits per heavy atom. The third-order valence-electron chi connectivity index (χ3n) is 4.92. The number of nitro benzene ring substituents is 1. The van der Waals surface area contributed by atoms with Gasteiger partial charge < -0.3 is 25.4 Å². The second-order valence-electron chi connectivity index (χ2n) is 7.29. The van der Waals surface area contributed by atoms with Crippen molar-refractivity contribution in [2.45, 2.75) is 6.54 Å². The summed E-state index contributed by atoms with van der Waals surface area (Å²) in [6.07, 6.45) is 0. The molecule has 0 aliphatic rings. The largest absolute Gasteiger partial charge is 0.497 e. The van der Waals surface area contributed by atoms with E-state index in [1.807, 2.05) is 0 Å². The minimum atomic E-state index is -0.688. The standard InChI is InChI=1S/C24H23FN4O6/c1-34-18-8-10-21(22(12-18)35-2)28-24(31)19-11-17(29(32)33)7-9-20(19)27-23(30)14-26-13-15-3-5-16(25)6-4-15/h3-12,26H,13-14H2,1-2H3,(H,27,30)(H,28,31). The Bertz CT molecular complexity index is 1230. The lowest BCUT2D eigenvalue weighted by atomic mass is 10.1. The molecule has 0 unspecified atom stereocenters. The average molecular weight is 482 g/mol. The molecular weight excluding hydrogens is 459 g/mol. The Labute approximate surface area is 200 Å². The van der Waals surface area contributed by atoms with E-state index >= 15 is 0 Å². The van der Waals surface area contributed by atoms with Crippen molar-refractivity contribution in [2.75, 3.05) is 31.4 Å². The number of hydrogen-bond acceptors (Lipinski definition) is 7. The predicted octanol–water partition coefficient (Wildman–Crippen LogP) is 3.73. The molecule has 3 aromatic rings. The number of ether oxygens (including phenoxy) is 2. The van der Waals surface area contributed by atoms with Crippen LogP contribution in [-0.2, 0) is 11.3 Å². The lowest BCUT2D eigenvalue weighted by Gasteiger charge is -2.14. The number of non-ortho nitro benzene ring substituents is 1. The number of nitrogens with one attached hydrogen (secondary N) is 3. The molecule has 0 aliphatic carbocycles. The lowest BCUT2D eigenvalue weighted by molar-refractivity contribution is -0.384. The predicted molar refractivity (Wildman–Crippen MR) is 127 cm³/mol. The van der Waals surface area contributed by atoms with E-state index < -0.39 is 16.7 Å². The Morgan fingerprint density at radius 2 is 1.66 bits per heavy atom. The summed E-state index contributed by atoms with van der Waals surface area (Å²) in [5.74, 6) is -0.693. The number of nitro groups is 1. The van der Waals surface area contributed by atoms with Crippen LogP contribution in [0.2, 0.25) is 0 Å². The van der Waals surface area contributed by atoms with Crippen molar-refractivity contribution in [3.05, 3.63) is 87.7 Å². The number of rotatable bonds is 10. The van der Waals surface area contributed by atoms with Gasteiger partial charge in [-0.1, -0.05) is 12.1 Å². The van der Waals surface area contributed by atoms with Gasteiger partial charge in [0.15, 0.2) is 0 Å². The van der Waals surface area contributed by atoms with Gasteiger partial charge in [-0.3, -0.25) is 19.7 Å². The molecule has 0 bridgehead atoms. The highest BCUT2D eigenvalue weighted by Crippen LogP contribution is 2.30. The van der Waals surface area contributed by atoms with Gasteiger partial charge >= 0.3 is 0 Å². The Hall–Kier alpha value is -4.51. The fourth-order valence-corrected chi connectivity index (χ4v) is 3.15. The van der Waals surface area contributed by atoms with Crippen molar-refractivity contribution in [3.8, 4) is 11.5 Å². The molecule has 10 nitrogen and oxygen atoms in total. The molecule has 0 spiro atoms. The zero-order valence-electron chi connectivity index (χ0n) is 19.0. The van der Waals surface area contributed by atoms with Gasteiger partial charge in [0.25, 0.3) is 11.6 Å². The van der Waals surface area contributed by atoms with E-state index in [2.05, 4.69) is 16.0 Å². The Balaban J connectivity index is 1.75. The third kappa shape index (κ3) is 6.74. The number of nitrogens with zero attached hydrogens (tertiary/aromatic N) is 1. The van der Waals surface area contributed by atoms with Crippen molar-refractivity contribution < 1.29 is 28.4 Å². The van der Waals surface area contributed by atoms with Crippen molar-refractivity contribution in [1.82, 2.24) is 5.32 Å². The van der Waals surface area contributed by atoms with E-state index in [-0.39, 0.29) is 29.3 Å². The van der Waals surface area contributed by atoms with Crippen LogP contribution in [0, 0.1) is 15.9 Å². The lowest BCUT2D eigenvalue weighted by Crippen LogP contribution is -2.28. The van der Waals surface area contributed by atoms with Gasteiger partial charge in [0.2, 0.25) is 5.91 Å². The molecule has 0 radical (unpaired) electrons. The molecule has 0 fully saturated rings. The van der Waals surface area contributed by atoms with Crippen LogP contribution in [0.4, 0.5) is 21.5 Å². The van der Waals surface area contributed by atoms with Crippen LogP contribution < -0.4 is 25.4 Å².